The van der Waals surface area contributed by atoms with Crippen molar-refractivity contribution in [3.8, 4) is 27.6 Å². The number of nitrogens with zero attached hydrogens (tertiary/aromatic N) is 5. The van der Waals surface area contributed by atoms with Crippen LogP contribution in [0.15, 0.2) is 90.2 Å². The third-order valence-electron chi connectivity index (χ3n) is 6.98. The van der Waals surface area contributed by atoms with Crippen LogP contribution in [0.25, 0.3) is 32.7 Å². The quantitative estimate of drug-likeness (QED) is 0.173. The summed E-state index contributed by atoms with van der Waals surface area (Å²) in [5.74, 6) is 1.92. The predicted octanol–water partition coefficient (Wildman–Crippen LogP) is 6.60. The van der Waals surface area contributed by atoms with Gasteiger partial charge in [0.1, 0.15) is 16.6 Å². The van der Waals surface area contributed by atoms with Gasteiger partial charge in [-0.1, -0.05) is 29.8 Å². The number of rotatable bonds is 10. The second-order valence-corrected chi connectivity index (χ2v) is 13.2. The fourth-order valence-corrected chi connectivity index (χ4v) is 6.77. The largest absolute Gasteiger partial charge is 0.497 e. The molecular formula is C32H31N7O3S2. The fraction of sp³-hybridized carbons (Fsp3) is 0.188. The molecule has 0 bridgehead atoms. The number of hydrogen-bond donors (Lipinski definition) is 2. The second-order valence-electron chi connectivity index (χ2n) is 10.6. The molecular weight excluding hydrogens is 595 g/mol. The summed E-state index contributed by atoms with van der Waals surface area (Å²) in [6.45, 7) is 6.51. The summed E-state index contributed by atoms with van der Waals surface area (Å²) in [4.78, 5) is 14.0. The van der Waals surface area contributed by atoms with Crippen molar-refractivity contribution in [2.45, 2.75) is 38.3 Å². The molecule has 0 aliphatic carbocycles. The van der Waals surface area contributed by atoms with Crippen molar-refractivity contribution in [1.82, 2.24) is 23.3 Å². The molecule has 0 atom stereocenters. The summed E-state index contributed by atoms with van der Waals surface area (Å²) in [6.07, 6.45) is 4.91. The summed E-state index contributed by atoms with van der Waals surface area (Å²) in [7, 11) is -2.26. The summed E-state index contributed by atoms with van der Waals surface area (Å²) < 4.78 is 38.8. The van der Waals surface area contributed by atoms with E-state index >= 15 is 0 Å². The van der Waals surface area contributed by atoms with E-state index in [0.29, 0.717) is 45.5 Å². The standard InChI is InChI=1S/C32H31N7O3S2/c1-20(2)35-30-18-33-17-28(36-30)27-19-39(44(40,41)25-12-5-21(3)6-13-25)29-14-9-23(15-26(27)29)31-37-32(38-43-31)34-16-22-7-10-24(42-4)11-8-22/h5-15,17-20H,16H2,1-4H3,(H,34,38)(H,35,36). The van der Waals surface area contributed by atoms with Crippen molar-refractivity contribution in [2.75, 3.05) is 17.7 Å². The van der Waals surface area contributed by atoms with Crippen LogP contribution in [0, 0.1) is 6.92 Å². The van der Waals surface area contributed by atoms with Crippen molar-refractivity contribution < 1.29 is 13.2 Å². The highest BCUT2D eigenvalue weighted by Crippen LogP contribution is 2.36. The molecule has 0 aliphatic heterocycles. The highest BCUT2D eigenvalue weighted by atomic mass is 32.2. The predicted molar refractivity (Wildman–Crippen MR) is 175 cm³/mol. The second kappa shape index (κ2) is 12.1. The lowest BCUT2D eigenvalue weighted by Gasteiger charge is -2.09. The van der Waals surface area contributed by atoms with Crippen LogP contribution < -0.4 is 15.4 Å². The van der Waals surface area contributed by atoms with Crippen LogP contribution in [-0.4, -0.2) is 44.9 Å². The number of fused-ring (bicyclic) bond motifs is 1. The number of benzene rings is 3. The van der Waals surface area contributed by atoms with Gasteiger partial charge in [-0.05, 0) is 80.3 Å². The van der Waals surface area contributed by atoms with E-state index in [1.165, 1.54) is 15.5 Å². The zero-order valence-electron chi connectivity index (χ0n) is 24.6. The molecule has 6 rings (SSSR count). The Labute approximate surface area is 260 Å². The Bertz CT molecular complexity index is 2040. The number of ether oxygens (including phenoxy) is 1. The summed E-state index contributed by atoms with van der Waals surface area (Å²) in [5.41, 5.74) is 4.57. The Morgan fingerprint density at radius 3 is 2.48 bits per heavy atom. The lowest BCUT2D eigenvalue weighted by atomic mass is 10.1. The lowest BCUT2D eigenvalue weighted by molar-refractivity contribution is 0.414. The Morgan fingerprint density at radius 2 is 1.75 bits per heavy atom. The summed E-state index contributed by atoms with van der Waals surface area (Å²) in [5, 5.41) is 7.95. The van der Waals surface area contributed by atoms with Crippen LogP contribution in [0.4, 0.5) is 11.8 Å². The summed E-state index contributed by atoms with van der Waals surface area (Å²) in [6, 6.07) is 20.4. The third kappa shape index (κ3) is 5.99. The molecule has 0 amide bonds. The van der Waals surface area contributed by atoms with Gasteiger partial charge < -0.3 is 15.4 Å². The number of hydrogen-bond acceptors (Lipinski definition) is 10. The van der Waals surface area contributed by atoms with E-state index < -0.39 is 10.0 Å². The molecule has 224 valence electrons. The SMILES string of the molecule is COc1ccc(CNc2nsc(-c3ccc4c(c3)c(-c3cncc(NC(C)C)n3)cn4S(=O)(=O)c3ccc(C)cc3)n2)cc1. The van der Waals surface area contributed by atoms with Crippen LogP contribution in [-0.2, 0) is 16.6 Å². The zero-order valence-corrected chi connectivity index (χ0v) is 26.3. The van der Waals surface area contributed by atoms with E-state index in [1.54, 1.807) is 56.0 Å². The number of methoxy groups -OCH3 is 1. The first-order valence-electron chi connectivity index (χ1n) is 14.0. The van der Waals surface area contributed by atoms with Gasteiger partial charge in [-0.3, -0.25) is 4.98 Å². The normalized spacial score (nSPS) is 11.7. The maximum atomic E-state index is 13.9. The molecule has 44 heavy (non-hydrogen) atoms. The zero-order chi connectivity index (χ0) is 30.8. The van der Waals surface area contributed by atoms with Crippen LogP contribution in [0.3, 0.4) is 0 Å². The van der Waals surface area contributed by atoms with Gasteiger partial charge in [-0.15, -0.1) is 0 Å². The highest BCUT2D eigenvalue weighted by molar-refractivity contribution is 7.90. The van der Waals surface area contributed by atoms with E-state index in [-0.39, 0.29) is 10.9 Å². The van der Waals surface area contributed by atoms with Crippen molar-refractivity contribution in [3.63, 3.8) is 0 Å². The average Bonchev–Trinajstić information content (AvgIpc) is 3.66. The van der Waals surface area contributed by atoms with Crippen LogP contribution >= 0.6 is 11.5 Å². The number of aromatic nitrogens is 5. The van der Waals surface area contributed by atoms with Crippen LogP contribution in [0.1, 0.15) is 25.0 Å². The first kappa shape index (κ1) is 29.3. The molecule has 10 nitrogen and oxygen atoms in total. The number of nitrogens with one attached hydrogen (secondary N) is 2. The van der Waals surface area contributed by atoms with Gasteiger partial charge in [0.05, 0.1) is 35.6 Å². The fourth-order valence-electron chi connectivity index (χ4n) is 4.76. The van der Waals surface area contributed by atoms with Gasteiger partial charge >= 0.3 is 0 Å². The molecule has 3 aromatic heterocycles. The maximum absolute atomic E-state index is 13.9. The molecule has 0 saturated heterocycles. The Hall–Kier alpha value is -4.81. The topological polar surface area (TPSA) is 124 Å². The Morgan fingerprint density at radius 1 is 0.977 bits per heavy atom. The van der Waals surface area contributed by atoms with Gasteiger partial charge in [0.15, 0.2) is 0 Å². The molecule has 3 heterocycles. The van der Waals surface area contributed by atoms with Crippen LogP contribution in [0.5, 0.6) is 5.75 Å². The van der Waals surface area contributed by atoms with Gasteiger partial charge in [0.25, 0.3) is 10.0 Å². The molecule has 2 N–H and O–H groups in total. The van der Waals surface area contributed by atoms with E-state index in [0.717, 1.165) is 22.4 Å². The Balaban J connectivity index is 1.39. The molecule has 0 radical (unpaired) electrons. The average molecular weight is 626 g/mol. The smallest absolute Gasteiger partial charge is 0.268 e. The summed E-state index contributed by atoms with van der Waals surface area (Å²) >= 11 is 1.27. The van der Waals surface area contributed by atoms with E-state index in [2.05, 4.69) is 20.0 Å². The molecule has 0 saturated carbocycles. The van der Waals surface area contributed by atoms with Crippen molar-refractivity contribution in [3.05, 3.63) is 96.4 Å². The number of anilines is 2. The molecule has 3 aromatic carbocycles. The van der Waals surface area contributed by atoms with Crippen molar-refractivity contribution in [1.29, 1.82) is 0 Å². The molecule has 0 unspecified atom stereocenters. The van der Waals surface area contributed by atoms with Crippen molar-refractivity contribution in [2.24, 2.45) is 0 Å². The Kier molecular flexibility index (Phi) is 8.02. The molecule has 0 spiro atoms. The van der Waals surface area contributed by atoms with Gasteiger partial charge in [-0.25, -0.2) is 17.4 Å². The first-order chi connectivity index (χ1) is 21.2. The van der Waals surface area contributed by atoms with E-state index in [9.17, 15) is 8.42 Å². The minimum absolute atomic E-state index is 0.152. The van der Waals surface area contributed by atoms with Gasteiger partial charge in [0.2, 0.25) is 5.95 Å². The number of aryl methyl sites for hydroxylation is 1. The molecule has 6 aromatic rings. The third-order valence-corrected chi connectivity index (χ3v) is 9.43. The van der Waals surface area contributed by atoms with Gasteiger partial charge in [0, 0.05) is 35.3 Å². The minimum Gasteiger partial charge on any atom is -0.497 e. The lowest BCUT2D eigenvalue weighted by Crippen LogP contribution is -2.12. The highest BCUT2D eigenvalue weighted by Gasteiger charge is 2.23. The van der Waals surface area contributed by atoms with E-state index in [4.69, 9.17) is 14.7 Å². The minimum atomic E-state index is -3.90. The first-order valence-corrected chi connectivity index (χ1v) is 16.2. The van der Waals surface area contributed by atoms with Crippen LogP contribution in [0.2, 0.25) is 0 Å². The van der Waals surface area contributed by atoms with E-state index in [1.807, 2.05) is 57.2 Å². The molecule has 0 aliphatic rings. The molecule has 0 fully saturated rings. The van der Waals surface area contributed by atoms with Gasteiger partial charge in [-0.2, -0.15) is 9.36 Å². The van der Waals surface area contributed by atoms with Crippen molar-refractivity contribution >= 4 is 44.2 Å². The monoisotopic (exact) mass is 625 g/mol. The molecule has 12 heteroatoms. The maximum Gasteiger partial charge on any atom is 0.268 e.